The normalized spacial score (nSPS) is 10.2. The van der Waals surface area contributed by atoms with Gasteiger partial charge in [-0.15, -0.1) is 11.3 Å². The fraction of sp³-hybridized carbons (Fsp3) is 0.316. The highest BCUT2D eigenvalue weighted by Crippen LogP contribution is 2.34. The molecular formula is C19H22N2O5S. The van der Waals surface area contributed by atoms with Crippen molar-refractivity contribution < 1.29 is 23.9 Å². The van der Waals surface area contributed by atoms with Gasteiger partial charge in [-0.25, -0.2) is 4.79 Å². The second-order valence-electron chi connectivity index (χ2n) is 5.69. The van der Waals surface area contributed by atoms with Crippen molar-refractivity contribution in [2.24, 2.45) is 0 Å². The SMILES string of the molecule is CCCNC(=O)c1sc(NC(=O)c2ccc(OC)cc2)c(C(=O)OC)c1C. The molecule has 0 saturated heterocycles. The molecule has 0 spiro atoms. The van der Waals surface area contributed by atoms with E-state index >= 15 is 0 Å². The summed E-state index contributed by atoms with van der Waals surface area (Å²) < 4.78 is 9.89. The first-order valence-corrected chi connectivity index (χ1v) is 9.19. The Morgan fingerprint density at radius 2 is 1.74 bits per heavy atom. The van der Waals surface area contributed by atoms with Crippen molar-refractivity contribution in [1.29, 1.82) is 0 Å². The Balaban J connectivity index is 2.34. The van der Waals surface area contributed by atoms with Crippen LogP contribution >= 0.6 is 11.3 Å². The number of benzene rings is 1. The van der Waals surface area contributed by atoms with E-state index in [2.05, 4.69) is 10.6 Å². The largest absolute Gasteiger partial charge is 0.497 e. The van der Waals surface area contributed by atoms with Crippen LogP contribution in [0.2, 0.25) is 0 Å². The molecule has 8 heteroatoms. The Labute approximate surface area is 161 Å². The van der Waals surface area contributed by atoms with E-state index in [1.807, 2.05) is 6.92 Å². The lowest BCUT2D eigenvalue weighted by molar-refractivity contribution is 0.0601. The molecule has 7 nitrogen and oxygen atoms in total. The molecule has 27 heavy (non-hydrogen) atoms. The topological polar surface area (TPSA) is 93.7 Å². The Bertz CT molecular complexity index is 843. The van der Waals surface area contributed by atoms with E-state index in [-0.39, 0.29) is 16.5 Å². The number of carbonyl (C=O) groups is 3. The van der Waals surface area contributed by atoms with Crippen LogP contribution in [0.4, 0.5) is 5.00 Å². The van der Waals surface area contributed by atoms with E-state index in [4.69, 9.17) is 9.47 Å². The first-order valence-electron chi connectivity index (χ1n) is 8.38. The molecule has 0 fully saturated rings. The van der Waals surface area contributed by atoms with Gasteiger partial charge in [0.05, 0.1) is 24.7 Å². The second kappa shape index (κ2) is 9.18. The zero-order chi connectivity index (χ0) is 20.0. The fourth-order valence-corrected chi connectivity index (χ4v) is 3.51. The molecule has 0 aliphatic carbocycles. The number of esters is 1. The Kier molecular flexibility index (Phi) is 6.95. The van der Waals surface area contributed by atoms with E-state index in [0.717, 1.165) is 17.8 Å². The van der Waals surface area contributed by atoms with Crippen LogP contribution in [0.3, 0.4) is 0 Å². The van der Waals surface area contributed by atoms with Crippen molar-refractivity contribution in [3.05, 3.63) is 45.8 Å². The summed E-state index contributed by atoms with van der Waals surface area (Å²) in [7, 11) is 2.79. The van der Waals surface area contributed by atoms with Crippen molar-refractivity contribution in [3.63, 3.8) is 0 Å². The van der Waals surface area contributed by atoms with Gasteiger partial charge in [0.2, 0.25) is 0 Å². The minimum atomic E-state index is -0.608. The van der Waals surface area contributed by atoms with Crippen LogP contribution in [0.25, 0.3) is 0 Å². The highest BCUT2D eigenvalue weighted by Gasteiger charge is 2.26. The molecule has 0 atom stereocenters. The quantitative estimate of drug-likeness (QED) is 0.708. The molecule has 144 valence electrons. The van der Waals surface area contributed by atoms with E-state index < -0.39 is 11.9 Å². The van der Waals surface area contributed by atoms with Gasteiger partial charge >= 0.3 is 5.97 Å². The molecule has 0 aliphatic heterocycles. The van der Waals surface area contributed by atoms with Gasteiger partial charge in [0.15, 0.2) is 0 Å². The summed E-state index contributed by atoms with van der Waals surface area (Å²) in [4.78, 5) is 37.4. The van der Waals surface area contributed by atoms with Crippen LogP contribution in [0, 0.1) is 6.92 Å². The molecule has 1 heterocycles. The van der Waals surface area contributed by atoms with Crippen LogP contribution in [0.1, 0.15) is 49.3 Å². The summed E-state index contributed by atoms with van der Waals surface area (Å²) in [5.41, 5.74) is 1.06. The average molecular weight is 390 g/mol. The molecule has 1 aromatic heterocycles. The van der Waals surface area contributed by atoms with Gasteiger partial charge in [-0.2, -0.15) is 0 Å². The summed E-state index contributed by atoms with van der Waals surface area (Å²) in [6, 6.07) is 6.56. The Morgan fingerprint density at radius 1 is 1.07 bits per heavy atom. The third-order valence-electron chi connectivity index (χ3n) is 3.86. The smallest absolute Gasteiger partial charge is 0.341 e. The van der Waals surface area contributed by atoms with Gasteiger partial charge in [0.25, 0.3) is 11.8 Å². The standard InChI is InChI=1S/C19H22N2O5S/c1-5-10-20-17(23)15-11(2)14(19(24)26-4)18(27-15)21-16(22)12-6-8-13(25-3)9-7-12/h6-9H,5,10H2,1-4H3,(H,20,23)(H,21,22). The zero-order valence-corrected chi connectivity index (χ0v) is 16.5. The van der Waals surface area contributed by atoms with Crippen molar-refractivity contribution >= 4 is 34.1 Å². The van der Waals surface area contributed by atoms with Gasteiger partial charge in [0, 0.05) is 12.1 Å². The molecule has 2 N–H and O–H groups in total. The Hall–Kier alpha value is -2.87. The number of methoxy groups -OCH3 is 2. The number of amides is 2. The molecule has 0 bridgehead atoms. The third kappa shape index (κ3) is 4.65. The molecule has 2 rings (SSSR count). The molecule has 2 aromatic rings. The number of ether oxygens (including phenoxy) is 2. The van der Waals surface area contributed by atoms with Gasteiger partial charge in [-0.1, -0.05) is 6.92 Å². The number of hydrogen-bond acceptors (Lipinski definition) is 6. The van der Waals surface area contributed by atoms with Crippen molar-refractivity contribution in [2.75, 3.05) is 26.1 Å². The molecule has 0 radical (unpaired) electrons. The number of nitrogens with one attached hydrogen (secondary N) is 2. The van der Waals surface area contributed by atoms with Gasteiger partial charge in [-0.05, 0) is 43.2 Å². The minimum absolute atomic E-state index is 0.186. The number of hydrogen-bond donors (Lipinski definition) is 2. The van der Waals surface area contributed by atoms with E-state index in [1.165, 1.54) is 14.2 Å². The van der Waals surface area contributed by atoms with Gasteiger partial charge in [0.1, 0.15) is 10.8 Å². The molecule has 0 unspecified atom stereocenters. The maximum Gasteiger partial charge on any atom is 0.341 e. The number of anilines is 1. The summed E-state index contributed by atoms with van der Waals surface area (Å²) >= 11 is 1.05. The van der Waals surface area contributed by atoms with Crippen LogP contribution in [-0.4, -0.2) is 38.5 Å². The lowest BCUT2D eigenvalue weighted by Crippen LogP contribution is -2.23. The number of thiophene rings is 1. The van der Waals surface area contributed by atoms with Crippen molar-refractivity contribution in [3.8, 4) is 5.75 Å². The van der Waals surface area contributed by atoms with Crippen LogP contribution in [0.15, 0.2) is 24.3 Å². The summed E-state index contributed by atoms with van der Waals surface area (Å²) in [6.45, 7) is 4.13. The number of rotatable bonds is 7. The first kappa shape index (κ1) is 20.4. The average Bonchev–Trinajstić information content (AvgIpc) is 3.01. The Morgan fingerprint density at radius 3 is 2.30 bits per heavy atom. The van der Waals surface area contributed by atoms with Crippen molar-refractivity contribution in [2.45, 2.75) is 20.3 Å². The lowest BCUT2D eigenvalue weighted by atomic mass is 10.1. The summed E-state index contributed by atoms with van der Waals surface area (Å²) in [5, 5.41) is 5.77. The maximum absolute atomic E-state index is 12.5. The zero-order valence-electron chi connectivity index (χ0n) is 15.7. The lowest BCUT2D eigenvalue weighted by Gasteiger charge is -2.07. The molecule has 2 amide bonds. The highest BCUT2D eigenvalue weighted by atomic mass is 32.1. The first-order chi connectivity index (χ1) is 12.9. The van der Waals surface area contributed by atoms with Crippen LogP contribution < -0.4 is 15.4 Å². The molecule has 1 aromatic carbocycles. The predicted octanol–water partition coefficient (Wildman–Crippen LogP) is 3.24. The van der Waals surface area contributed by atoms with E-state index in [0.29, 0.717) is 28.3 Å². The minimum Gasteiger partial charge on any atom is -0.497 e. The van der Waals surface area contributed by atoms with Crippen LogP contribution in [-0.2, 0) is 4.74 Å². The molecule has 0 aliphatic rings. The molecular weight excluding hydrogens is 368 g/mol. The van der Waals surface area contributed by atoms with Crippen molar-refractivity contribution in [1.82, 2.24) is 5.32 Å². The van der Waals surface area contributed by atoms with Gasteiger partial charge in [-0.3, -0.25) is 9.59 Å². The van der Waals surface area contributed by atoms with Gasteiger partial charge < -0.3 is 20.1 Å². The maximum atomic E-state index is 12.5. The summed E-state index contributed by atoms with van der Waals surface area (Å²) in [5.74, 6) is -0.661. The van der Waals surface area contributed by atoms with Crippen LogP contribution in [0.5, 0.6) is 5.75 Å². The molecule has 0 saturated carbocycles. The monoisotopic (exact) mass is 390 g/mol. The second-order valence-corrected chi connectivity index (χ2v) is 6.71. The third-order valence-corrected chi connectivity index (χ3v) is 5.06. The number of carbonyl (C=O) groups excluding carboxylic acids is 3. The van der Waals surface area contributed by atoms with E-state index in [9.17, 15) is 14.4 Å². The predicted molar refractivity (Wildman–Crippen MR) is 104 cm³/mol. The summed E-state index contributed by atoms with van der Waals surface area (Å²) in [6.07, 6.45) is 0.793. The van der Waals surface area contributed by atoms with E-state index in [1.54, 1.807) is 31.2 Å². The highest BCUT2D eigenvalue weighted by molar-refractivity contribution is 7.18. The fourth-order valence-electron chi connectivity index (χ4n) is 2.40.